The van der Waals surface area contributed by atoms with E-state index in [1.165, 1.54) is 12.5 Å². The number of rotatable bonds is 1. The number of hydrogen-bond acceptors (Lipinski definition) is 4. The Labute approximate surface area is 93.6 Å². The lowest BCUT2D eigenvalue weighted by Gasteiger charge is -2.00. The minimum absolute atomic E-state index is 0.513. The third-order valence-corrected chi connectivity index (χ3v) is 2.34. The highest BCUT2D eigenvalue weighted by Gasteiger charge is 2.04. The average Bonchev–Trinajstić information content (AvgIpc) is 2.67. The second kappa shape index (κ2) is 3.71. The molecule has 2 aromatic heterocycles. The normalized spacial score (nSPS) is 9.71. The molecule has 2 rings (SSSR count). The Hall–Kier alpha value is -1.49. The van der Waals surface area contributed by atoms with Crippen molar-refractivity contribution in [1.29, 1.82) is 5.26 Å². The Balaban J connectivity index is 2.51. The van der Waals surface area contributed by atoms with Crippen LogP contribution in [0.15, 0.2) is 24.9 Å². The summed E-state index contributed by atoms with van der Waals surface area (Å²) in [7, 11) is 0. The molecular weight excluding hydrogens is 293 g/mol. The summed E-state index contributed by atoms with van der Waals surface area (Å²) in [4.78, 5) is 7.94. The van der Waals surface area contributed by atoms with Crippen LogP contribution < -0.4 is 0 Å². The van der Waals surface area contributed by atoms with E-state index in [1.807, 2.05) is 6.07 Å². The van der Waals surface area contributed by atoms with E-state index in [0.29, 0.717) is 11.4 Å². The predicted molar refractivity (Wildman–Crippen MR) is 56.6 cm³/mol. The zero-order valence-corrected chi connectivity index (χ0v) is 9.08. The molecule has 6 heteroatoms. The molecule has 0 amide bonds. The molecule has 0 aliphatic rings. The molecule has 0 spiro atoms. The van der Waals surface area contributed by atoms with E-state index in [-0.39, 0.29) is 0 Å². The fourth-order valence-electron chi connectivity index (χ4n) is 0.971. The molecule has 0 atom stereocenters. The lowest BCUT2D eigenvalue weighted by atomic mass is 10.4. The van der Waals surface area contributed by atoms with Gasteiger partial charge in [0.1, 0.15) is 12.4 Å². The van der Waals surface area contributed by atoms with E-state index in [4.69, 9.17) is 5.26 Å². The van der Waals surface area contributed by atoms with Gasteiger partial charge in [-0.05, 0) is 22.6 Å². The van der Waals surface area contributed by atoms with Gasteiger partial charge >= 0.3 is 0 Å². The van der Waals surface area contributed by atoms with Crippen LogP contribution in [0.3, 0.4) is 0 Å². The third-order valence-electron chi connectivity index (χ3n) is 1.58. The molecule has 68 valence electrons. The maximum absolute atomic E-state index is 8.63. The van der Waals surface area contributed by atoms with Crippen molar-refractivity contribution >= 4 is 22.6 Å². The molecule has 0 aliphatic carbocycles. The van der Waals surface area contributed by atoms with Gasteiger partial charge in [-0.1, -0.05) is 0 Å². The van der Waals surface area contributed by atoms with E-state index < -0.39 is 0 Å². The van der Waals surface area contributed by atoms with Gasteiger partial charge in [-0.2, -0.15) is 10.4 Å². The summed E-state index contributed by atoms with van der Waals surface area (Å²) in [6, 6.07) is 2.01. The summed E-state index contributed by atoms with van der Waals surface area (Å²) in [6.45, 7) is 0. The Morgan fingerprint density at radius 1 is 1.43 bits per heavy atom. The summed E-state index contributed by atoms with van der Waals surface area (Å²) in [5, 5.41) is 12.6. The van der Waals surface area contributed by atoms with Gasteiger partial charge in [0.05, 0.1) is 21.5 Å². The summed E-state index contributed by atoms with van der Waals surface area (Å²) in [5.41, 5.74) is 0.513. The zero-order chi connectivity index (χ0) is 9.97. The van der Waals surface area contributed by atoms with Crippen LogP contribution in [0.4, 0.5) is 0 Å². The highest BCUT2D eigenvalue weighted by atomic mass is 127. The van der Waals surface area contributed by atoms with Crippen LogP contribution in [-0.4, -0.2) is 19.7 Å². The molecule has 2 aromatic rings. The second-order valence-corrected chi connectivity index (χ2v) is 3.64. The van der Waals surface area contributed by atoms with Crippen LogP contribution in [0.5, 0.6) is 0 Å². The molecule has 0 aliphatic heterocycles. The van der Waals surface area contributed by atoms with Crippen LogP contribution in [0.25, 0.3) is 5.82 Å². The first kappa shape index (κ1) is 9.08. The second-order valence-electron chi connectivity index (χ2n) is 2.48. The first-order valence-corrected chi connectivity index (χ1v) is 4.80. The monoisotopic (exact) mass is 297 g/mol. The third kappa shape index (κ3) is 1.58. The largest absolute Gasteiger partial charge is 0.244 e. The number of aromatic nitrogens is 4. The lowest BCUT2D eigenvalue weighted by molar-refractivity contribution is 0.832. The van der Waals surface area contributed by atoms with Crippen molar-refractivity contribution in [3.63, 3.8) is 0 Å². The Morgan fingerprint density at radius 3 is 2.93 bits per heavy atom. The van der Waals surface area contributed by atoms with Crippen LogP contribution in [-0.2, 0) is 0 Å². The molecule has 5 nitrogen and oxygen atoms in total. The van der Waals surface area contributed by atoms with Crippen LogP contribution in [0.1, 0.15) is 5.56 Å². The minimum Gasteiger partial charge on any atom is -0.244 e. The fourth-order valence-corrected chi connectivity index (χ4v) is 1.52. The van der Waals surface area contributed by atoms with Crippen molar-refractivity contribution < 1.29 is 0 Å². The van der Waals surface area contributed by atoms with Gasteiger partial charge in [0.2, 0.25) is 0 Å². The molecule has 0 aromatic carbocycles. The molecule has 0 unspecified atom stereocenters. The van der Waals surface area contributed by atoms with Crippen molar-refractivity contribution in [2.75, 3.05) is 0 Å². The quantitative estimate of drug-likeness (QED) is 0.740. The van der Waals surface area contributed by atoms with Crippen LogP contribution in [0.2, 0.25) is 0 Å². The number of nitriles is 1. The topological polar surface area (TPSA) is 67.4 Å². The average molecular weight is 297 g/mol. The molecule has 0 saturated heterocycles. The number of hydrogen-bond donors (Lipinski definition) is 0. The van der Waals surface area contributed by atoms with Gasteiger partial charge < -0.3 is 0 Å². The van der Waals surface area contributed by atoms with Gasteiger partial charge in [-0.15, -0.1) is 0 Å². The molecule has 2 heterocycles. The van der Waals surface area contributed by atoms with E-state index in [9.17, 15) is 0 Å². The van der Waals surface area contributed by atoms with Gasteiger partial charge in [0.25, 0.3) is 0 Å². The van der Waals surface area contributed by atoms with Crippen molar-refractivity contribution in [2.24, 2.45) is 0 Å². The molecule has 14 heavy (non-hydrogen) atoms. The first-order chi connectivity index (χ1) is 6.81. The molecule has 0 fully saturated rings. The van der Waals surface area contributed by atoms with Crippen LogP contribution in [0, 0.1) is 14.9 Å². The maximum Gasteiger partial charge on any atom is 0.170 e. The number of nitrogens with zero attached hydrogens (tertiary/aromatic N) is 5. The summed E-state index contributed by atoms with van der Waals surface area (Å²) in [6.07, 6.45) is 6.27. The lowest BCUT2D eigenvalue weighted by Crippen LogP contribution is -2.00. The Morgan fingerprint density at radius 2 is 2.29 bits per heavy atom. The van der Waals surface area contributed by atoms with E-state index >= 15 is 0 Å². The highest BCUT2D eigenvalue weighted by Crippen LogP contribution is 2.11. The maximum atomic E-state index is 8.63. The van der Waals surface area contributed by atoms with Crippen molar-refractivity contribution in [3.05, 3.63) is 34.1 Å². The Kier molecular flexibility index (Phi) is 2.41. The molecule has 0 N–H and O–H groups in total. The zero-order valence-electron chi connectivity index (χ0n) is 6.92. The van der Waals surface area contributed by atoms with Gasteiger partial charge in [0, 0.05) is 6.20 Å². The molecule has 0 radical (unpaired) electrons. The fraction of sp³-hybridized carbons (Fsp3) is 0. The highest BCUT2D eigenvalue weighted by molar-refractivity contribution is 14.1. The molecule has 0 saturated carbocycles. The first-order valence-electron chi connectivity index (χ1n) is 3.72. The number of halogens is 1. The van der Waals surface area contributed by atoms with E-state index in [0.717, 1.165) is 3.57 Å². The minimum atomic E-state index is 0.513. The van der Waals surface area contributed by atoms with Crippen molar-refractivity contribution in [2.45, 2.75) is 0 Å². The summed E-state index contributed by atoms with van der Waals surface area (Å²) >= 11 is 2.12. The van der Waals surface area contributed by atoms with Gasteiger partial charge in [-0.25, -0.2) is 14.6 Å². The van der Waals surface area contributed by atoms with Crippen molar-refractivity contribution in [1.82, 2.24) is 19.7 Å². The van der Waals surface area contributed by atoms with Crippen LogP contribution >= 0.6 is 22.6 Å². The molecule has 0 bridgehead atoms. The van der Waals surface area contributed by atoms with E-state index in [2.05, 4.69) is 37.7 Å². The molecular formula is C8H4IN5. The van der Waals surface area contributed by atoms with E-state index in [1.54, 1.807) is 17.1 Å². The van der Waals surface area contributed by atoms with Gasteiger partial charge in [0.15, 0.2) is 5.82 Å². The van der Waals surface area contributed by atoms with Gasteiger partial charge in [-0.3, -0.25) is 0 Å². The Bertz CT molecular complexity index is 498. The predicted octanol–water partition coefficient (Wildman–Crippen LogP) is 1.14. The standard InChI is InChI=1S/C8H4IN5/c9-7-3-11-5-12-8(7)14-4-6(1-10)2-13-14/h2-5H. The smallest absolute Gasteiger partial charge is 0.170 e. The summed E-state index contributed by atoms with van der Waals surface area (Å²) < 4.78 is 2.44. The SMILES string of the molecule is N#Cc1cnn(-c2ncncc2I)c1. The van der Waals surface area contributed by atoms with Crippen molar-refractivity contribution in [3.8, 4) is 11.9 Å². The summed E-state index contributed by atoms with van der Waals surface area (Å²) in [5.74, 6) is 0.683.